The van der Waals surface area contributed by atoms with Gasteiger partial charge in [0.2, 0.25) is 5.91 Å². The summed E-state index contributed by atoms with van der Waals surface area (Å²) in [7, 11) is 0. The lowest BCUT2D eigenvalue weighted by Crippen LogP contribution is -2.33. The van der Waals surface area contributed by atoms with Gasteiger partial charge in [0.15, 0.2) is 0 Å². The smallest absolute Gasteiger partial charge is 0.270 e. The van der Waals surface area contributed by atoms with Gasteiger partial charge in [0.05, 0.1) is 11.2 Å². The van der Waals surface area contributed by atoms with Gasteiger partial charge in [0, 0.05) is 29.3 Å². The zero-order valence-electron chi connectivity index (χ0n) is 10.7. The fourth-order valence-electron chi connectivity index (χ4n) is 2.36. The second-order valence-corrected chi connectivity index (χ2v) is 4.53. The number of hydrogen-bond donors (Lipinski definition) is 2. The van der Waals surface area contributed by atoms with Gasteiger partial charge in [-0.25, -0.2) is 4.68 Å². The van der Waals surface area contributed by atoms with Gasteiger partial charge in [0.25, 0.3) is 5.56 Å². The molecule has 5 heteroatoms. The molecular formula is C14H13N3O2. The summed E-state index contributed by atoms with van der Waals surface area (Å²) in [5, 5.41) is 1.88. The van der Waals surface area contributed by atoms with Gasteiger partial charge in [0.1, 0.15) is 0 Å². The summed E-state index contributed by atoms with van der Waals surface area (Å²) in [5.74, 6) is -0.277. The van der Waals surface area contributed by atoms with Crippen molar-refractivity contribution in [1.29, 1.82) is 0 Å². The van der Waals surface area contributed by atoms with Gasteiger partial charge in [-0.1, -0.05) is 18.2 Å². The Labute approximate surface area is 108 Å². The predicted octanol–water partition coefficient (Wildman–Crippen LogP) is 1.88. The summed E-state index contributed by atoms with van der Waals surface area (Å²) in [6.45, 7) is 3.18. The highest BCUT2D eigenvalue weighted by Gasteiger charge is 2.11. The van der Waals surface area contributed by atoms with Crippen molar-refractivity contribution in [3.63, 3.8) is 0 Å². The Kier molecular flexibility index (Phi) is 2.41. The lowest BCUT2D eigenvalue weighted by molar-refractivity contribution is -0.115. The third-order valence-corrected chi connectivity index (χ3v) is 3.20. The van der Waals surface area contributed by atoms with Crippen LogP contribution in [0.1, 0.15) is 12.6 Å². The van der Waals surface area contributed by atoms with E-state index in [2.05, 4.69) is 10.4 Å². The van der Waals surface area contributed by atoms with E-state index < -0.39 is 0 Å². The number of hydrogen-bond acceptors (Lipinski definition) is 2. The van der Waals surface area contributed by atoms with Gasteiger partial charge >= 0.3 is 0 Å². The Balaban J connectivity index is 2.42. The first-order valence-corrected chi connectivity index (χ1v) is 5.98. The molecule has 0 aliphatic carbocycles. The average Bonchev–Trinajstić information content (AvgIpc) is 2.73. The van der Waals surface area contributed by atoms with E-state index in [4.69, 9.17) is 0 Å². The van der Waals surface area contributed by atoms with Crippen molar-refractivity contribution in [2.45, 2.75) is 13.8 Å². The van der Waals surface area contributed by atoms with Crippen molar-refractivity contribution < 1.29 is 4.79 Å². The Bertz CT molecular complexity index is 858. The molecule has 0 fully saturated rings. The van der Waals surface area contributed by atoms with Gasteiger partial charge in [-0.3, -0.25) is 15.0 Å². The molecule has 2 aromatic heterocycles. The predicted molar refractivity (Wildman–Crippen MR) is 74.8 cm³/mol. The first-order valence-electron chi connectivity index (χ1n) is 5.98. The number of aromatic nitrogens is 2. The van der Waals surface area contributed by atoms with E-state index in [-0.39, 0.29) is 11.5 Å². The summed E-state index contributed by atoms with van der Waals surface area (Å²) in [6, 6.07) is 9.34. The number of aromatic amines is 1. The molecule has 0 unspecified atom stereocenters. The highest BCUT2D eigenvalue weighted by Crippen LogP contribution is 2.25. The van der Waals surface area contributed by atoms with Crippen LogP contribution in [-0.2, 0) is 4.79 Å². The van der Waals surface area contributed by atoms with Gasteiger partial charge in [-0.05, 0) is 13.0 Å². The number of para-hydroxylation sites is 1. The normalized spacial score (nSPS) is 11.1. The van der Waals surface area contributed by atoms with Crippen LogP contribution >= 0.6 is 0 Å². The van der Waals surface area contributed by atoms with Crippen LogP contribution in [0.2, 0.25) is 0 Å². The number of rotatable bonds is 1. The van der Waals surface area contributed by atoms with E-state index in [0.717, 1.165) is 21.8 Å². The molecule has 3 aromatic rings. The molecule has 96 valence electrons. The fourth-order valence-corrected chi connectivity index (χ4v) is 2.36. The van der Waals surface area contributed by atoms with Crippen LogP contribution in [-0.4, -0.2) is 15.6 Å². The van der Waals surface area contributed by atoms with Crippen molar-refractivity contribution in [1.82, 2.24) is 9.66 Å². The van der Waals surface area contributed by atoms with E-state index in [1.807, 2.05) is 24.3 Å². The lowest BCUT2D eigenvalue weighted by Gasteiger charge is -2.10. The quantitative estimate of drug-likeness (QED) is 0.697. The molecule has 1 aromatic carbocycles. The number of fused-ring (bicyclic) bond motifs is 3. The molecule has 0 saturated heterocycles. The van der Waals surface area contributed by atoms with E-state index in [1.54, 1.807) is 6.92 Å². The minimum Gasteiger partial charge on any atom is -0.353 e. The molecule has 0 radical (unpaired) electrons. The number of H-pyrrole nitrogens is 1. The second kappa shape index (κ2) is 3.98. The zero-order valence-corrected chi connectivity index (χ0v) is 10.7. The second-order valence-electron chi connectivity index (χ2n) is 4.53. The highest BCUT2D eigenvalue weighted by atomic mass is 16.2. The van der Waals surface area contributed by atoms with E-state index >= 15 is 0 Å². The minimum absolute atomic E-state index is 0.245. The van der Waals surface area contributed by atoms with Crippen LogP contribution in [0.25, 0.3) is 21.8 Å². The number of amides is 1. The molecule has 0 spiro atoms. The molecule has 2 heterocycles. The number of benzene rings is 1. The standard InChI is InChI=1S/C14H13N3O2/c1-8-14-11(7-13(19)17(8)16-9(2)18)10-5-3-4-6-12(10)15-14/h3-7,15H,1-2H3,(H,16,18). The topological polar surface area (TPSA) is 66.9 Å². The van der Waals surface area contributed by atoms with E-state index in [1.165, 1.54) is 17.7 Å². The molecule has 3 rings (SSSR count). The number of aryl methyl sites for hydroxylation is 1. The van der Waals surface area contributed by atoms with Crippen LogP contribution in [0.3, 0.4) is 0 Å². The van der Waals surface area contributed by atoms with Crippen LogP contribution in [0.4, 0.5) is 0 Å². The number of pyridine rings is 1. The molecule has 0 aliphatic rings. The minimum atomic E-state index is -0.277. The molecule has 19 heavy (non-hydrogen) atoms. The third kappa shape index (κ3) is 1.71. The molecule has 2 N–H and O–H groups in total. The van der Waals surface area contributed by atoms with Crippen molar-refractivity contribution in [2.75, 3.05) is 5.43 Å². The lowest BCUT2D eigenvalue weighted by atomic mass is 10.2. The van der Waals surface area contributed by atoms with E-state index in [9.17, 15) is 9.59 Å². The number of carbonyl (C=O) groups excluding carboxylic acids is 1. The molecule has 0 aliphatic heterocycles. The maximum absolute atomic E-state index is 12.1. The summed E-state index contributed by atoms with van der Waals surface area (Å²) in [4.78, 5) is 26.5. The zero-order chi connectivity index (χ0) is 13.6. The first-order chi connectivity index (χ1) is 9.08. The Hall–Kier alpha value is -2.56. The molecule has 0 atom stereocenters. The SMILES string of the molecule is CC(=O)Nn1c(C)c2[nH]c3ccccc3c2cc1=O. The highest BCUT2D eigenvalue weighted by molar-refractivity contribution is 6.07. The van der Waals surface area contributed by atoms with Crippen LogP contribution in [0, 0.1) is 6.92 Å². The fraction of sp³-hybridized carbons (Fsp3) is 0.143. The molecule has 0 bridgehead atoms. The Morgan fingerprint density at radius 2 is 2.00 bits per heavy atom. The maximum atomic E-state index is 12.1. The third-order valence-electron chi connectivity index (χ3n) is 3.20. The molecule has 0 saturated carbocycles. The van der Waals surface area contributed by atoms with Crippen molar-refractivity contribution >= 4 is 27.7 Å². The van der Waals surface area contributed by atoms with Crippen LogP contribution in [0.15, 0.2) is 35.1 Å². The van der Waals surface area contributed by atoms with Crippen molar-refractivity contribution in [3.05, 3.63) is 46.4 Å². The Morgan fingerprint density at radius 3 is 2.74 bits per heavy atom. The monoisotopic (exact) mass is 255 g/mol. The first kappa shape index (κ1) is 11.5. The number of nitrogens with zero attached hydrogens (tertiary/aromatic N) is 1. The summed E-state index contributed by atoms with van der Waals surface area (Å²) in [5.41, 5.74) is 4.80. The van der Waals surface area contributed by atoms with Crippen molar-refractivity contribution in [2.24, 2.45) is 0 Å². The number of nitrogens with one attached hydrogen (secondary N) is 2. The number of carbonyl (C=O) groups is 1. The van der Waals surface area contributed by atoms with Gasteiger partial charge in [-0.2, -0.15) is 0 Å². The summed E-state index contributed by atoms with van der Waals surface area (Å²) < 4.78 is 1.26. The summed E-state index contributed by atoms with van der Waals surface area (Å²) >= 11 is 0. The largest absolute Gasteiger partial charge is 0.353 e. The van der Waals surface area contributed by atoms with Crippen molar-refractivity contribution in [3.8, 4) is 0 Å². The molecule has 5 nitrogen and oxygen atoms in total. The van der Waals surface area contributed by atoms with E-state index in [0.29, 0.717) is 5.69 Å². The average molecular weight is 255 g/mol. The van der Waals surface area contributed by atoms with Crippen LogP contribution < -0.4 is 11.0 Å². The summed E-state index contributed by atoms with van der Waals surface area (Å²) in [6.07, 6.45) is 0. The Morgan fingerprint density at radius 1 is 1.26 bits per heavy atom. The van der Waals surface area contributed by atoms with Crippen LogP contribution in [0.5, 0.6) is 0 Å². The van der Waals surface area contributed by atoms with Gasteiger partial charge in [-0.15, -0.1) is 0 Å². The maximum Gasteiger partial charge on any atom is 0.270 e. The van der Waals surface area contributed by atoms with Gasteiger partial charge < -0.3 is 4.98 Å². The molecule has 1 amide bonds. The molecular weight excluding hydrogens is 242 g/mol.